The van der Waals surface area contributed by atoms with Gasteiger partial charge in [0.25, 0.3) is 0 Å². The summed E-state index contributed by atoms with van der Waals surface area (Å²) in [7, 11) is 0. The molecule has 0 bridgehead atoms. The van der Waals surface area contributed by atoms with Gasteiger partial charge >= 0.3 is 6.09 Å². The summed E-state index contributed by atoms with van der Waals surface area (Å²) in [6.07, 6.45) is -0.472. The van der Waals surface area contributed by atoms with E-state index in [-0.39, 0.29) is 18.0 Å². The fourth-order valence-electron chi connectivity index (χ4n) is 1.59. The van der Waals surface area contributed by atoms with Gasteiger partial charge in [-0.25, -0.2) is 4.79 Å². The molecule has 0 aliphatic carbocycles. The Balaban J connectivity index is 1.91. The molecule has 0 aliphatic heterocycles. The number of hydrogen-bond acceptors (Lipinski definition) is 5. The summed E-state index contributed by atoms with van der Waals surface area (Å²) in [6.45, 7) is 0.176. The van der Waals surface area contributed by atoms with Gasteiger partial charge in [-0.15, -0.1) is 0 Å². The molecule has 7 heteroatoms. The molecule has 1 aromatic heterocycles. The monoisotopic (exact) mass is 278 g/mol. The Hall–Kier alpha value is -2.51. The summed E-state index contributed by atoms with van der Waals surface area (Å²) in [5.74, 6) is -0.297. The van der Waals surface area contributed by atoms with Gasteiger partial charge in [-0.2, -0.15) is 0 Å². The van der Waals surface area contributed by atoms with Crippen LogP contribution in [-0.2, 0) is 11.3 Å². The van der Waals surface area contributed by atoms with Crippen LogP contribution in [0.4, 0.5) is 10.5 Å². The summed E-state index contributed by atoms with van der Waals surface area (Å²) < 4.78 is 5.90. The minimum absolute atomic E-state index is 0.0629. The lowest BCUT2D eigenvalue weighted by Crippen LogP contribution is -2.22. The molecule has 1 unspecified atom stereocenters. The van der Waals surface area contributed by atoms with E-state index in [9.17, 15) is 15.0 Å². The maximum Gasteiger partial charge on any atom is 0.415 e. The molecule has 4 N–H and O–H groups in total. The molecule has 0 spiro atoms. The van der Waals surface area contributed by atoms with Gasteiger partial charge in [0.05, 0.1) is 18.5 Å². The summed E-state index contributed by atoms with van der Waals surface area (Å²) in [4.78, 5) is 10.7. The molecule has 0 saturated heterocycles. The number of aromatic hydroxyl groups is 1. The third-order valence-electron chi connectivity index (χ3n) is 2.56. The minimum atomic E-state index is -1.37. The summed E-state index contributed by atoms with van der Waals surface area (Å²) in [5.41, 5.74) is 0.939. The highest BCUT2D eigenvalue weighted by Crippen LogP contribution is 2.24. The van der Waals surface area contributed by atoms with Crippen molar-refractivity contribution in [3.8, 4) is 5.75 Å². The number of hydrogen-bond donors (Lipinski definition) is 4. The van der Waals surface area contributed by atoms with Gasteiger partial charge in [-0.3, -0.25) is 4.57 Å². The van der Waals surface area contributed by atoms with Crippen molar-refractivity contribution in [2.45, 2.75) is 13.0 Å². The van der Waals surface area contributed by atoms with Gasteiger partial charge in [0.2, 0.25) is 6.41 Å². The molecule has 7 nitrogen and oxygen atoms in total. The van der Waals surface area contributed by atoms with Crippen molar-refractivity contribution in [3.05, 3.63) is 48.3 Å². The van der Waals surface area contributed by atoms with Crippen LogP contribution in [0.5, 0.6) is 5.75 Å². The number of carboxylic acid groups (broad SMARTS) is 1. The number of nitrogens with one attached hydrogen (secondary N) is 1. The van der Waals surface area contributed by atoms with Crippen LogP contribution in [0.3, 0.4) is 0 Å². The number of aromatic nitrogens is 1. The van der Waals surface area contributed by atoms with Crippen molar-refractivity contribution in [2.75, 3.05) is 5.32 Å². The third-order valence-corrected chi connectivity index (χ3v) is 2.56. The molecule has 0 amide bonds. The summed E-state index contributed by atoms with van der Waals surface area (Å²) in [6, 6.07) is 9.23. The lowest BCUT2D eigenvalue weighted by molar-refractivity contribution is -0.0872. The molecule has 0 aliphatic rings. The van der Waals surface area contributed by atoms with E-state index in [1.165, 1.54) is 0 Å². The second kappa shape index (κ2) is 6.09. The number of carbonyl (C=O) groups is 1. The molecule has 0 radical (unpaired) electrons. The second-order valence-corrected chi connectivity index (χ2v) is 4.04. The Morgan fingerprint density at radius 2 is 2.00 bits per heavy atom. The Morgan fingerprint density at radius 1 is 1.30 bits per heavy atom. The highest BCUT2D eigenvalue weighted by atomic mass is 16.6. The fourth-order valence-corrected chi connectivity index (χ4v) is 1.59. The van der Waals surface area contributed by atoms with Crippen molar-refractivity contribution in [3.63, 3.8) is 0 Å². The van der Waals surface area contributed by atoms with Crippen molar-refractivity contribution in [2.24, 2.45) is 0 Å². The topological polar surface area (TPSA) is 104 Å². The van der Waals surface area contributed by atoms with Gasteiger partial charge in [-0.1, -0.05) is 30.3 Å². The Labute approximate surface area is 114 Å². The summed E-state index contributed by atoms with van der Waals surface area (Å²) in [5, 5.41) is 30.3. The molecule has 1 atom stereocenters. The Kier molecular flexibility index (Phi) is 4.24. The van der Waals surface area contributed by atoms with Crippen LogP contribution in [0.25, 0.3) is 0 Å². The van der Waals surface area contributed by atoms with E-state index in [1.807, 2.05) is 30.3 Å². The van der Waals surface area contributed by atoms with Crippen LogP contribution in [0.1, 0.15) is 5.56 Å². The molecule has 0 saturated carbocycles. The molecule has 1 heterocycles. The number of benzene rings is 1. The van der Waals surface area contributed by atoms with Gasteiger partial charge in [0, 0.05) is 6.20 Å². The van der Waals surface area contributed by atoms with Gasteiger partial charge in [0.15, 0.2) is 5.75 Å². The third kappa shape index (κ3) is 3.50. The van der Waals surface area contributed by atoms with Crippen molar-refractivity contribution in [1.82, 2.24) is 4.57 Å². The zero-order valence-corrected chi connectivity index (χ0v) is 10.4. The molecule has 20 heavy (non-hydrogen) atoms. The van der Waals surface area contributed by atoms with Crippen molar-refractivity contribution in [1.29, 1.82) is 0 Å². The molecule has 2 aromatic rings. The number of nitrogens with zero attached hydrogens (tertiary/aromatic N) is 1. The van der Waals surface area contributed by atoms with E-state index < -0.39 is 12.5 Å². The van der Waals surface area contributed by atoms with Gasteiger partial charge < -0.3 is 25.4 Å². The average Bonchev–Trinajstić information content (AvgIpc) is 2.79. The molecular formula is C13H14N2O5. The second-order valence-electron chi connectivity index (χ2n) is 4.04. The van der Waals surface area contributed by atoms with Crippen LogP contribution in [0.2, 0.25) is 0 Å². The van der Waals surface area contributed by atoms with Gasteiger partial charge in [0.1, 0.15) is 0 Å². The lowest BCUT2D eigenvalue weighted by atomic mass is 10.2. The van der Waals surface area contributed by atoms with Crippen molar-refractivity contribution < 1.29 is 24.9 Å². The predicted molar refractivity (Wildman–Crippen MR) is 70.4 cm³/mol. The van der Waals surface area contributed by atoms with Crippen LogP contribution in [0.15, 0.2) is 42.7 Å². The van der Waals surface area contributed by atoms with Crippen LogP contribution < -0.4 is 5.32 Å². The molecule has 106 valence electrons. The number of aliphatic hydroxyl groups is 1. The van der Waals surface area contributed by atoms with Crippen LogP contribution >= 0.6 is 0 Å². The average molecular weight is 278 g/mol. The first kappa shape index (κ1) is 13.9. The van der Waals surface area contributed by atoms with E-state index in [4.69, 9.17) is 9.84 Å². The molecular weight excluding hydrogens is 264 g/mol. The smallest absolute Gasteiger partial charge is 0.415 e. The number of rotatable bonds is 5. The minimum Gasteiger partial charge on any atom is -0.504 e. The fraction of sp³-hybridized carbons (Fsp3) is 0.154. The predicted octanol–water partition coefficient (Wildman–Crippen LogP) is 1.62. The quantitative estimate of drug-likeness (QED) is 0.620. The lowest BCUT2D eigenvalue weighted by Gasteiger charge is -2.14. The highest BCUT2D eigenvalue weighted by Gasteiger charge is 2.12. The zero-order valence-electron chi connectivity index (χ0n) is 10.4. The summed E-state index contributed by atoms with van der Waals surface area (Å²) >= 11 is 0. The Morgan fingerprint density at radius 3 is 2.60 bits per heavy atom. The van der Waals surface area contributed by atoms with Crippen LogP contribution in [0, 0.1) is 0 Å². The first-order chi connectivity index (χ1) is 9.56. The van der Waals surface area contributed by atoms with E-state index in [2.05, 4.69) is 5.32 Å². The number of anilines is 1. The maximum absolute atomic E-state index is 10.7. The zero-order chi connectivity index (χ0) is 14.5. The molecule has 2 rings (SSSR count). The SMILES string of the molecule is O=C(O)n1cc(O)c(NC(O)OCc2ccccc2)c1. The standard InChI is InChI=1S/C13H14N2O5/c16-11-7-15(13(18)19)6-10(11)14-12(17)20-8-9-4-2-1-3-5-9/h1-7,12,14,16-17H,8H2,(H,18,19). The molecule has 1 aromatic carbocycles. The van der Waals surface area contributed by atoms with E-state index in [0.29, 0.717) is 0 Å². The van der Waals surface area contributed by atoms with Crippen molar-refractivity contribution >= 4 is 11.8 Å². The molecule has 0 fully saturated rings. The van der Waals surface area contributed by atoms with E-state index in [1.54, 1.807) is 0 Å². The van der Waals surface area contributed by atoms with Crippen LogP contribution in [-0.4, -0.2) is 32.4 Å². The first-order valence-corrected chi connectivity index (χ1v) is 5.80. The number of ether oxygens (including phenoxy) is 1. The van der Waals surface area contributed by atoms with E-state index in [0.717, 1.165) is 22.5 Å². The number of aliphatic hydroxyl groups excluding tert-OH is 1. The Bertz CT molecular complexity index is 582. The van der Waals surface area contributed by atoms with Gasteiger partial charge in [-0.05, 0) is 5.56 Å². The normalized spacial score (nSPS) is 12.1. The first-order valence-electron chi connectivity index (χ1n) is 5.80. The highest BCUT2D eigenvalue weighted by molar-refractivity contribution is 5.72. The largest absolute Gasteiger partial charge is 0.504 e. The maximum atomic E-state index is 10.7. The van der Waals surface area contributed by atoms with E-state index >= 15 is 0 Å².